The molecule has 5 heteroatoms. The highest BCUT2D eigenvalue weighted by molar-refractivity contribution is 5.94. The summed E-state index contributed by atoms with van der Waals surface area (Å²) < 4.78 is 5.62. The number of aromatic nitrogens is 1. The summed E-state index contributed by atoms with van der Waals surface area (Å²) >= 11 is 0. The molecule has 0 aromatic carbocycles. The minimum Gasteiger partial charge on any atom is -0.475 e. The Labute approximate surface area is 125 Å². The lowest BCUT2D eigenvalue weighted by molar-refractivity contribution is 0.0915. The Kier molecular flexibility index (Phi) is 5.56. The number of nitrogens with one attached hydrogen (secondary N) is 1. The maximum atomic E-state index is 12.1. The van der Waals surface area contributed by atoms with E-state index in [0.717, 1.165) is 25.7 Å². The molecule has 5 nitrogen and oxygen atoms in total. The summed E-state index contributed by atoms with van der Waals surface area (Å²) in [6.07, 6.45) is 5.10. The predicted octanol–water partition coefficient (Wildman–Crippen LogP) is 2.15. The SMILES string of the molecule is CCC(C)Oc1cc(C(=O)NCC2CCCC2O)ccn1. The molecule has 3 atom stereocenters. The standard InChI is InChI=1S/C16H24N2O3/c1-3-11(2)21-15-9-12(7-8-17-15)16(20)18-10-13-5-4-6-14(13)19/h7-9,11,13-14,19H,3-6,10H2,1-2H3,(H,18,20). The Hall–Kier alpha value is -1.62. The van der Waals surface area contributed by atoms with Gasteiger partial charge in [0.05, 0.1) is 12.2 Å². The highest BCUT2D eigenvalue weighted by Crippen LogP contribution is 2.24. The summed E-state index contributed by atoms with van der Waals surface area (Å²) in [6, 6.07) is 3.33. The predicted molar refractivity (Wildman–Crippen MR) is 80.3 cm³/mol. The van der Waals surface area contributed by atoms with Crippen LogP contribution in [0.25, 0.3) is 0 Å². The number of aliphatic hydroxyl groups is 1. The number of rotatable bonds is 6. The van der Waals surface area contributed by atoms with Gasteiger partial charge in [0.15, 0.2) is 0 Å². The highest BCUT2D eigenvalue weighted by Gasteiger charge is 2.25. The summed E-state index contributed by atoms with van der Waals surface area (Å²) in [7, 11) is 0. The Balaban J connectivity index is 1.91. The van der Waals surface area contributed by atoms with E-state index in [0.29, 0.717) is 18.0 Å². The van der Waals surface area contributed by atoms with E-state index in [1.54, 1.807) is 18.3 Å². The Morgan fingerprint density at radius 3 is 3.05 bits per heavy atom. The Morgan fingerprint density at radius 1 is 1.57 bits per heavy atom. The molecule has 116 valence electrons. The van der Waals surface area contributed by atoms with Crippen LogP contribution in [-0.2, 0) is 0 Å². The van der Waals surface area contributed by atoms with Crippen LogP contribution >= 0.6 is 0 Å². The van der Waals surface area contributed by atoms with Gasteiger partial charge in [-0.1, -0.05) is 13.3 Å². The topological polar surface area (TPSA) is 71.5 Å². The van der Waals surface area contributed by atoms with Crippen molar-refractivity contribution in [2.75, 3.05) is 6.54 Å². The number of ether oxygens (including phenoxy) is 1. The molecule has 3 unspecified atom stereocenters. The number of carbonyl (C=O) groups excluding carboxylic acids is 1. The molecule has 2 N–H and O–H groups in total. The van der Waals surface area contributed by atoms with Crippen molar-refractivity contribution >= 4 is 5.91 Å². The summed E-state index contributed by atoms with van der Waals surface area (Å²) in [4.78, 5) is 16.3. The second-order valence-electron chi connectivity index (χ2n) is 5.69. The van der Waals surface area contributed by atoms with E-state index in [2.05, 4.69) is 10.3 Å². The number of aliphatic hydroxyl groups excluding tert-OH is 1. The lowest BCUT2D eigenvalue weighted by Gasteiger charge is -2.15. The molecular weight excluding hydrogens is 268 g/mol. The molecule has 1 heterocycles. The van der Waals surface area contributed by atoms with Crippen molar-refractivity contribution in [3.05, 3.63) is 23.9 Å². The molecule has 0 bridgehead atoms. The molecule has 1 saturated carbocycles. The lowest BCUT2D eigenvalue weighted by Crippen LogP contribution is -2.32. The molecule has 1 aromatic heterocycles. The van der Waals surface area contributed by atoms with Crippen molar-refractivity contribution in [1.82, 2.24) is 10.3 Å². The molecule has 1 fully saturated rings. The molecule has 0 spiro atoms. The zero-order valence-electron chi connectivity index (χ0n) is 12.7. The second kappa shape index (κ2) is 7.41. The highest BCUT2D eigenvalue weighted by atomic mass is 16.5. The van der Waals surface area contributed by atoms with E-state index in [1.807, 2.05) is 13.8 Å². The maximum Gasteiger partial charge on any atom is 0.251 e. The quantitative estimate of drug-likeness (QED) is 0.842. The number of hydrogen-bond acceptors (Lipinski definition) is 4. The number of nitrogens with zero attached hydrogens (tertiary/aromatic N) is 1. The van der Waals surface area contributed by atoms with Crippen molar-refractivity contribution in [3.63, 3.8) is 0 Å². The van der Waals surface area contributed by atoms with Gasteiger partial charge in [0, 0.05) is 30.3 Å². The van der Waals surface area contributed by atoms with Crippen LogP contribution in [0.3, 0.4) is 0 Å². The normalized spacial score (nSPS) is 22.8. The van der Waals surface area contributed by atoms with E-state index in [1.165, 1.54) is 0 Å². The molecule has 21 heavy (non-hydrogen) atoms. The molecule has 1 amide bonds. The van der Waals surface area contributed by atoms with Crippen molar-refractivity contribution in [2.45, 2.75) is 51.7 Å². The first-order valence-corrected chi connectivity index (χ1v) is 7.69. The lowest BCUT2D eigenvalue weighted by atomic mass is 10.1. The summed E-state index contributed by atoms with van der Waals surface area (Å²) in [5, 5.41) is 12.6. The van der Waals surface area contributed by atoms with E-state index in [-0.39, 0.29) is 24.0 Å². The van der Waals surface area contributed by atoms with Crippen molar-refractivity contribution < 1.29 is 14.6 Å². The van der Waals surface area contributed by atoms with E-state index in [4.69, 9.17) is 4.74 Å². The summed E-state index contributed by atoms with van der Waals surface area (Å²) in [5.41, 5.74) is 0.538. The number of pyridine rings is 1. The van der Waals surface area contributed by atoms with Crippen LogP contribution in [0.5, 0.6) is 5.88 Å². The third kappa shape index (κ3) is 4.43. The van der Waals surface area contributed by atoms with Gasteiger partial charge in [-0.3, -0.25) is 4.79 Å². The fraction of sp³-hybridized carbons (Fsp3) is 0.625. The van der Waals surface area contributed by atoms with Crippen LogP contribution in [-0.4, -0.2) is 34.8 Å². The van der Waals surface area contributed by atoms with Crippen LogP contribution in [0.1, 0.15) is 49.9 Å². The Morgan fingerprint density at radius 2 is 2.38 bits per heavy atom. The Bertz CT molecular complexity index is 478. The molecule has 1 aliphatic rings. The molecule has 2 rings (SSSR count). The van der Waals surface area contributed by atoms with Crippen molar-refractivity contribution in [3.8, 4) is 5.88 Å². The van der Waals surface area contributed by atoms with Crippen LogP contribution in [0, 0.1) is 5.92 Å². The van der Waals surface area contributed by atoms with Crippen molar-refractivity contribution in [2.24, 2.45) is 5.92 Å². The first-order chi connectivity index (χ1) is 10.1. The maximum absolute atomic E-state index is 12.1. The molecule has 0 aliphatic heterocycles. The average molecular weight is 292 g/mol. The van der Waals surface area contributed by atoms with Gasteiger partial charge in [-0.05, 0) is 32.3 Å². The smallest absolute Gasteiger partial charge is 0.251 e. The number of amides is 1. The van der Waals surface area contributed by atoms with E-state index in [9.17, 15) is 9.90 Å². The monoisotopic (exact) mass is 292 g/mol. The van der Waals surface area contributed by atoms with Crippen LogP contribution in [0.15, 0.2) is 18.3 Å². The summed E-state index contributed by atoms with van der Waals surface area (Å²) in [6.45, 7) is 4.52. The fourth-order valence-corrected chi connectivity index (χ4v) is 2.49. The number of carbonyl (C=O) groups is 1. The van der Waals surface area contributed by atoms with Crippen LogP contribution < -0.4 is 10.1 Å². The first-order valence-electron chi connectivity index (χ1n) is 7.69. The second-order valence-corrected chi connectivity index (χ2v) is 5.69. The first kappa shape index (κ1) is 15.8. The molecule has 1 aromatic rings. The fourth-order valence-electron chi connectivity index (χ4n) is 2.49. The molecular formula is C16H24N2O3. The van der Waals surface area contributed by atoms with Gasteiger partial charge < -0.3 is 15.2 Å². The van der Waals surface area contributed by atoms with Gasteiger partial charge in [-0.15, -0.1) is 0 Å². The zero-order valence-corrected chi connectivity index (χ0v) is 12.7. The average Bonchev–Trinajstić information content (AvgIpc) is 2.90. The summed E-state index contributed by atoms with van der Waals surface area (Å²) in [5.74, 6) is 0.495. The van der Waals surface area contributed by atoms with Crippen molar-refractivity contribution in [1.29, 1.82) is 0 Å². The van der Waals surface area contributed by atoms with E-state index < -0.39 is 0 Å². The molecule has 1 aliphatic carbocycles. The minimum atomic E-state index is -0.285. The minimum absolute atomic E-state index is 0.0736. The van der Waals surface area contributed by atoms with Gasteiger partial charge in [-0.2, -0.15) is 0 Å². The number of hydrogen-bond donors (Lipinski definition) is 2. The van der Waals surface area contributed by atoms with Gasteiger partial charge in [0.1, 0.15) is 0 Å². The van der Waals surface area contributed by atoms with Gasteiger partial charge in [0.25, 0.3) is 5.91 Å². The van der Waals surface area contributed by atoms with E-state index >= 15 is 0 Å². The third-order valence-electron chi connectivity index (χ3n) is 4.04. The molecule has 0 radical (unpaired) electrons. The van der Waals surface area contributed by atoms with Gasteiger partial charge >= 0.3 is 0 Å². The largest absolute Gasteiger partial charge is 0.475 e. The third-order valence-corrected chi connectivity index (χ3v) is 4.04. The van der Waals surface area contributed by atoms with Gasteiger partial charge in [-0.25, -0.2) is 4.98 Å². The zero-order chi connectivity index (χ0) is 15.2. The van der Waals surface area contributed by atoms with Gasteiger partial charge in [0.2, 0.25) is 5.88 Å². The van der Waals surface area contributed by atoms with Crippen LogP contribution in [0.4, 0.5) is 0 Å². The van der Waals surface area contributed by atoms with Crippen LogP contribution in [0.2, 0.25) is 0 Å². The molecule has 0 saturated heterocycles.